The molecule has 0 saturated heterocycles. The molecule has 0 aliphatic heterocycles. The summed E-state index contributed by atoms with van der Waals surface area (Å²) in [5.74, 6) is -2.17. The van der Waals surface area contributed by atoms with Crippen LogP contribution in [0.2, 0.25) is 0 Å². The van der Waals surface area contributed by atoms with Gasteiger partial charge in [-0.25, -0.2) is 4.98 Å². The maximum Gasteiger partial charge on any atom is 0.246 e. The highest BCUT2D eigenvalue weighted by molar-refractivity contribution is 7.19. The second kappa shape index (κ2) is 15.5. The van der Waals surface area contributed by atoms with Gasteiger partial charge in [-0.2, -0.15) is 5.26 Å². The average molecular weight is 534 g/mol. The van der Waals surface area contributed by atoms with Crippen molar-refractivity contribution in [2.75, 3.05) is 38.7 Å². The van der Waals surface area contributed by atoms with E-state index in [1.807, 2.05) is 6.07 Å². The Morgan fingerprint density at radius 1 is 1.16 bits per heavy atom. The van der Waals surface area contributed by atoms with E-state index in [-0.39, 0.29) is 26.0 Å². The summed E-state index contributed by atoms with van der Waals surface area (Å²) in [6.45, 7) is -0.385. The Kier molecular flexibility index (Phi) is 12.4. The molecule has 0 saturated carbocycles. The molecule has 0 unspecified atom stereocenters. The number of nitrogens with one attached hydrogen (secondary N) is 4. The Hall–Kier alpha value is -3.64. The monoisotopic (exact) mass is 533 g/mol. The highest BCUT2D eigenvalue weighted by Gasteiger charge is 2.26. The van der Waals surface area contributed by atoms with Gasteiger partial charge in [-0.3, -0.25) is 19.2 Å². The van der Waals surface area contributed by atoms with E-state index < -0.39 is 42.3 Å². The summed E-state index contributed by atoms with van der Waals surface area (Å²) in [4.78, 5) is 53.5. The minimum atomic E-state index is -1.29. The molecule has 7 N–H and O–H groups in total. The van der Waals surface area contributed by atoms with Crippen LogP contribution in [0.5, 0.6) is 0 Å². The van der Waals surface area contributed by atoms with Crippen LogP contribution in [0, 0.1) is 11.3 Å². The largest absolute Gasteiger partial charge is 0.394 e. The minimum Gasteiger partial charge on any atom is -0.394 e. The number of nitrogens with two attached hydrogens (primary N) is 1. The molecule has 0 bridgehead atoms. The molecule has 1 heterocycles. The highest BCUT2D eigenvalue weighted by atomic mass is 32.1. The number of nitriles is 1. The number of aromatic nitrogens is 1. The summed E-state index contributed by atoms with van der Waals surface area (Å²) >= 11 is 1.19. The molecule has 0 spiro atoms. The van der Waals surface area contributed by atoms with Crippen LogP contribution in [0.1, 0.15) is 30.7 Å². The summed E-state index contributed by atoms with van der Waals surface area (Å²) in [5, 5.41) is 29.2. The number of carbonyl (C=O) groups excluding carboxylic acids is 4. The van der Waals surface area contributed by atoms with E-state index in [9.17, 15) is 24.3 Å². The van der Waals surface area contributed by atoms with Crippen molar-refractivity contribution in [2.24, 2.45) is 5.73 Å². The van der Waals surface area contributed by atoms with E-state index in [1.54, 1.807) is 18.2 Å². The molecule has 1 aromatic heterocycles. The van der Waals surface area contributed by atoms with Gasteiger partial charge in [0.25, 0.3) is 0 Å². The topological polar surface area (TPSA) is 209 Å². The van der Waals surface area contributed by atoms with E-state index in [1.165, 1.54) is 18.4 Å². The SMILES string of the molecule is COCC(=O)NCCC(=O)N[C@@H](CO)C(=O)N[C@@H](CCCCN)C(=O)Nc1ccc2nc(C#N)sc2c1. The molecule has 1 aromatic carbocycles. The molecule has 14 heteroatoms. The number of fused-ring (bicyclic) bond motifs is 1. The quantitative estimate of drug-likeness (QED) is 0.160. The third-order valence-corrected chi connectivity index (χ3v) is 6.04. The van der Waals surface area contributed by atoms with Crippen molar-refractivity contribution in [3.63, 3.8) is 0 Å². The van der Waals surface area contributed by atoms with Crippen LogP contribution in [0.25, 0.3) is 10.2 Å². The number of methoxy groups -OCH3 is 1. The number of nitrogens with zero attached hydrogens (tertiary/aromatic N) is 2. The zero-order chi connectivity index (χ0) is 27.2. The van der Waals surface area contributed by atoms with Crippen LogP contribution in [0.4, 0.5) is 5.69 Å². The molecule has 13 nitrogen and oxygen atoms in total. The maximum atomic E-state index is 13.0. The first kappa shape index (κ1) is 29.6. The van der Waals surface area contributed by atoms with Crippen LogP contribution in [-0.4, -0.2) is 79.2 Å². The van der Waals surface area contributed by atoms with Gasteiger partial charge in [-0.15, -0.1) is 11.3 Å². The number of benzene rings is 1. The molecule has 200 valence electrons. The first-order valence-electron chi connectivity index (χ1n) is 11.6. The molecule has 0 radical (unpaired) electrons. The Morgan fingerprint density at radius 3 is 2.62 bits per heavy atom. The lowest BCUT2D eigenvalue weighted by Gasteiger charge is -2.22. The number of anilines is 1. The predicted octanol–water partition coefficient (Wildman–Crippen LogP) is -0.650. The van der Waals surface area contributed by atoms with Crippen LogP contribution < -0.4 is 27.0 Å². The number of carbonyl (C=O) groups is 4. The summed E-state index contributed by atoms with van der Waals surface area (Å²) in [6, 6.07) is 4.75. The van der Waals surface area contributed by atoms with Gasteiger partial charge >= 0.3 is 0 Å². The Labute approximate surface area is 217 Å². The number of aliphatic hydroxyl groups is 1. The fourth-order valence-electron chi connectivity index (χ4n) is 3.27. The number of aliphatic hydroxyl groups excluding tert-OH is 1. The molecule has 0 aliphatic rings. The highest BCUT2D eigenvalue weighted by Crippen LogP contribution is 2.25. The summed E-state index contributed by atoms with van der Waals surface area (Å²) in [6.07, 6.45) is 1.37. The fraction of sp³-hybridized carbons (Fsp3) is 0.478. The first-order valence-corrected chi connectivity index (χ1v) is 12.4. The number of hydrogen-bond donors (Lipinski definition) is 6. The van der Waals surface area contributed by atoms with Crippen LogP contribution >= 0.6 is 11.3 Å². The number of thiazole rings is 1. The van der Waals surface area contributed by atoms with E-state index >= 15 is 0 Å². The molecular weight excluding hydrogens is 502 g/mol. The summed E-state index contributed by atoms with van der Waals surface area (Å²) < 4.78 is 5.40. The number of hydrogen-bond acceptors (Lipinski definition) is 10. The Morgan fingerprint density at radius 2 is 1.95 bits per heavy atom. The van der Waals surface area contributed by atoms with Crippen molar-refractivity contribution >= 4 is 50.9 Å². The lowest BCUT2D eigenvalue weighted by molar-refractivity contribution is -0.132. The average Bonchev–Trinajstić information content (AvgIpc) is 3.29. The zero-order valence-electron chi connectivity index (χ0n) is 20.4. The number of amides is 4. The van der Waals surface area contributed by atoms with Gasteiger partial charge in [-0.1, -0.05) is 0 Å². The fourth-order valence-corrected chi connectivity index (χ4v) is 4.07. The summed E-state index contributed by atoms with van der Waals surface area (Å²) in [7, 11) is 1.37. The third kappa shape index (κ3) is 9.73. The van der Waals surface area contributed by atoms with Crippen LogP contribution in [0.3, 0.4) is 0 Å². The predicted molar refractivity (Wildman–Crippen MR) is 136 cm³/mol. The van der Waals surface area contributed by atoms with Gasteiger partial charge in [0.2, 0.25) is 23.6 Å². The minimum absolute atomic E-state index is 0.0257. The zero-order valence-corrected chi connectivity index (χ0v) is 21.2. The van der Waals surface area contributed by atoms with Gasteiger partial charge in [0.05, 0.1) is 16.8 Å². The van der Waals surface area contributed by atoms with Crippen molar-refractivity contribution in [1.29, 1.82) is 5.26 Å². The van der Waals surface area contributed by atoms with Gasteiger partial charge < -0.3 is 36.8 Å². The smallest absolute Gasteiger partial charge is 0.246 e. The standard InChI is InChI=1S/C23H31N7O6S/c1-36-13-20(33)26-9-7-19(32)28-17(12-31)23(35)30-16(4-2-3-8-24)22(34)27-14-5-6-15-18(10-14)37-21(11-25)29-15/h5-6,10,16-17,31H,2-4,7-9,12-13,24H2,1H3,(H,26,33)(H,27,34)(H,28,32)(H,30,35)/t16-,17-/m0/s1. The second-order valence-corrected chi connectivity index (χ2v) is 9.01. The molecular formula is C23H31N7O6S. The van der Waals surface area contributed by atoms with Crippen LogP contribution in [-0.2, 0) is 23.9 Å². The van der Waals surface area contributed by atoms with E-state index in [2.05, 4.69) is 31.0 Å². The molecule has 0 aliphatic carbocycles. The van der Waals surface area contributed by atoms with Crippen molar-refractivity contribution in [3.8, 4) is 6.07 Å². The number of ether oxygens (including phenoxy) is 1. The molecule has 4 amide bonds. The van der Waals surface area contributed by atoms with E-state index in [0.717, 1.165) is 4.70 Å². The number of unbranched alkanes of at least 4 members (excludes halogenated alkanes) is 1. The molecule has 0 fully saturated rings. The second-order valence-electron chi connectivity index (χ2n) is 7.98. The lowest BCUT2D eigenvalue weighted by atomic mass is 10.1. The van der Waals surface area contributed by atoms with Gasteiger partial charge in [0.15, 0.2) is 5.01 Å². The van der Waals surface area contributed by atoms with Crippen molar-refractivity contribution in [1.82, 2.24) is 20.9 Å². The molecule has 37 heavy (non-hydrogen) atoms. The summed E-state index contributed by atoms with van der Waals surface area (Å²) in [5.41, 5.74) is 6.65. The van der Waals surface area contributed by atoms with Crippen molar-refractivity contribution < 1.29 is 29.0 Å². The lowest BCUT2D eigenvalue weighted by Crippen LogP contribution is -2.54. The molecule has 2 aromatic rings. The first-order chi connectivity index (χ1) is 17.8. The van der Waals surface area contributed by atoms with Crippen molar-refractivity contribution in [3.05, 3.63) is 23.2 Å². The van der Waals surface area contributed by atoms with E-state index in [4.69, 9.17) is 11.0 Å². The molecule has 2 atom stereocenters. The Balaban J connectivity index is 2.00. The van der Waals surface area contributed by atoms with E-state index in [0.29, 0.717) is 35.6 Å². The molecule has 2 rings (SSSR count). The van der Waals surface area contributed by atoms with Crippen LogP contribution in [0.15, 0.2) is 18.2 Å². The van der Waals surface area contributed by atoms with Crippen molar-refractivity contribution in [2.45, 2.75) is 37.8 Å². The van der Waals surface area contributed by atoms with Gasteiger partial charge in [0, 0.05) is 25.8 Å². The van der Waals surface area contributed by atoms with Gasteiger partial charge in [-0.05, 0) is 44.0 Å². The third-order valence-electron chi connectivity index (χ3n) is 5.12. The Bertz CT molecular complexity index is 1130. The number of rotatable bonds is 15. The normalized spacial score (nSPS) is 12.3. The van der Waals surface area contributed by atoms with Gasteiger partial charge in [0.1, 0.15) is 24.8 Å². The maximum absolute atomic E-state index is 13.0.